The van der Waals surface area contributed by atoms with Gasteiger partial charge in [0.25, 0.3) is 0 Å². The van der Waals surface area contributed by atoms with Crippen LogP contribution in [0.2, 0.25) is 0 Å². The van der Waals surface area contributed by atoms with Crippen LogP contribution in [0.5, 0.6) is 5.75 Å². The van der Waals surface area contributed by atoms with Crippen LogP contribution in [0, 0.1) is 6.92 Å². The molecule has 0 fully saturated rings. The number of rotatable bonds is 5. The van der Waals surface area contributed by atoms with E-state index in [1.165, 1.54) is 0 Å². The molecule has 0 amide bonds. The molecule has 0 saturated heterocycles. The van der Waals surface area contributed by atoms with Crippen molar-refractivity contribution in [2.75, 3.05) is 12.4 Å². The van der Waals surface area contributed by atoms with Gasteiger partial charge in [0.2, 0.25) is 5.95 Å². The molecule has 0 aliphatic heterocycles. The zero-order valence-corrected chi connectivity index (χ0v) is 16.5. The van der Waals surface area contributed by atoms with Crippen molar-refractivity contribution < 1.29 is 4.74 Å². The second-order valence-electron chi connectivity index (χ2n) is 7.03. The zero-order chi connectivity index (χ0) is 19.7. The maximum Gasteiger partial charge on any atom is 0.227 e. The Morgan fingerprint density at radius 3 is 2.75 bits per heavy atom. The first-order valence-electron chi connectivity index (χ1n) is 9.26. The molecule has 6 heteroatoms. The molecule has 3 heterocycles. The summed E-state index contributed by atoms with van der Waals surface area (Å²) in [6, 6.07) is 10.3. The number of hydrogen-bond acceptors (Lipinski definition) is 5. The van der Waals surface area contributed by atoms with Crippen molar-refractivity contribution in [1.82, 2.24) is 19.5 Å². The van der Waals surface area contributed by atoms with E-state index in [2.05, 4.69) is 39.9 Å². The first-order chi connectivity index (χ1) is 13.6. The van der Waals surface area contributed by atoms with E-state index in [0.717, 1.165) is 39.2 Å². The quantitative estimate of drug-likeness (QED) is 0.525. The van der Waals surface area contributed by atoms with Crippen LogP contribution in [0.1, 0.15) is 25.5 Å². The Morgan fingerprint density at radius 2 is 1.96 bits per heavy atom. The molecule has 28 heavy (non-hydrogen) atoms. The molecule has 4 rings (SSSR count). The average molecular weight is 373 g/mol. The van der Waals surface area contributed by atoms with Crippen LogP contribution >= 0.6 is 0 Å². The molecule has 0 aliphatic rings. The molecule has 0 bridgehead atoms. The Bertz CT molecular complexity index is 1130. The number of anilines is 2. The molecule has 142 valence electrons. The maximum absolute atomic E-state index is 5.45. The van der Waals surface area contributed by atoms with Crippen LogP contribution in [0.15, 0.2) is 55.1 Å². The van der Waals surface area contributed by atoms with Gasteiger partial charge in [-0.2, -0.15) is 0 Å². The number of nitrogens with one attached hydrogen (secondary N) is 1. The van der Waals surface area contributed by atoms with E-state index in [1.54, 1.807) is 13.3 Å². The first kappa shape index (κ1) is 18.0. The molecular formula is C22H23N5O. The van der Waals surface area contributed by atoms with E-state index < -0.39 is 0 Å². The molecule has 1 aromatic carbocycles. The number of methoxy groups -OCH3 is 1. The lowest BCUT2D eigenvalue weighted by Crippen LogP contribution is -2.00. The van der Waals surface area contributed by atoms with Crippen molar-refractivity contribution in [1.29, 1.82) is 0 Å². The molecular weight excluding hydrogens is 350 g/mol. The highest BCUT2D eigenvalue weighted by molar-refractivity contribution is 5.94. The largest absolute Gasteiger partial charge is 0.495 e. The molecule has 0 radical (unpaired) electrons. The van der Waals surface area contributed by atoms with E-state index in [1.807, 2.05) is 49.6 Å². The molecule has 0 atom stereocenters. The highest BCUT2D eigenvalue weighted by Crippen LogP contribution is 2.32. The summed E-state index contributed by atoms with van der Waals surface area (Å²) in [5.41, 5.74) is 4.99. The normalized spacial score (nSPS) is 11.2. The molecule has 0 spiro atoms. The topological polar surface area (TPSA) is 64.9 Å². The Hall–Kier alpha value is -3.41. The minimum absolute atomic E-state index is 0.330. The van der Waals surface area contributed by atoms with Gasteiger partial charge >= 0.3 is 0 Å². The highest BCUT2D eigenvalue weighted by Gasteiger charge is 2.14. The number of pyridine rings is 1. The Labute approximate surface area is 164 Å². The van der Waals surface area contributed by atoms with Gasteiger partial charge in [-0.25, -0.2) is 9.97 Å². The van der Waals surface area contributed by atoms with Gasteiger partial charge in [0.05, 0.1) is 30.2 Å². The number of fused-ring (bicyclic) bond motifs is 1. The number of hydrogen-bond donors (Lipinski definition) is 1. The van der Waals surface area contributed by atoms with Gasteiger partial charge in [-0.3, -0.25) is 4.98 Å². The fourth-order valence-corrected chi connectivity index (χ4v) is 3.34. The van der Waals surface area contributed by atoms with Crippen molar-refractivity contribution in [3.8, 4) is 17.0 Å². The lowest BCUT2D eigenvalue weighted by atomic mass is 10.1. The summed E-state index contributed by atoms with van der Waals surface area (Å²) in [6.45, 7) is 6.36. The summed E-state index contributed by atoms with van der Waals surface area (Å²) >= 11 is 0. The van der Waals surface area contributed by atoms with Crippen molar-refractivity contribution in [3.05, 3.63) is 60.7 Å². The van der Waals surface area contributed by atoms with Gasteiger partial charge in [0, 0.05) is 35.6 Å². The average Bonchev–Trinajstić information content (AvgIpc) is 3.08. The maximum atomic E-state index is 5.45. The van der Waals surface area contributed by atoms with Crippen molar-refractivity contribution in [3.63, 3.8) is 0 Å². The predicted octanol–water partition coefficient (Wildman–Crippen LogP) is 5.13. The van der Waals surface area contributed by atoms with Gasteiger partial charge in [-0.1, -0.05) is 6.07 Å². The summed E-state index contributed by atoms with van der Waals surface area (Å²) in [4.78, 5) is 13.4. The molecule has 0 saturated carbocycles. The van der Waals surface area contributed by atoms with Gasteiger partial charge in [-0.15, -0.1) is 0 Å². The Morgan fingerprint density at radius 1 is 1.11 bits per heavy atom. The second-order valence-corrected chi connectivity index (χ2v) is 7.03. The first-order valence-corrected chi connectivity index (χ1v) is 9.26. The van der Waals surface area contributed by atoms with Crippen LogP contribution in [-0.2, 0) is 0 Å². The van der Waals surface area contributed by atoms with Crippen molar-refractivity contribution in [2.45, 2.75) is 26.8 Å². The minimum Gasteiger partial charge on any atom is -0.495 e. The van der Waals surface area contributed by atoms with Gasteiger partial charge < -0.3 is 14.6 Å². The lowest BCUT2D eigenvalue weighted by Gasteiger charge is -2.11. The lowest BCUT2D eigenvalue weighted by molar-refractivity contribution is 0.416. The molecule has 1 N–H and O–H groups in total. The molecule has 3 aromatic heterocycles. The third-order valence-electron chi connectivity index (χ3n) is 4.73. The molecule has 0 aliphatic carbocycles. The van der Waals surface area contributed by atoms with Gasteiger partial charge in [-0.05, 0) is 50.6 Å². The number of nitrogens with zero attached hydrogens (tertiary/aromatic N) is 4. The number of aromatic nitrogens is 4. The van der Waals surface area contributed by atoms with Gasteiger partial charge in [0.15, 0.2) is 0 Å². The third kappa shape index (κ3) is 3.29. The van der Waals surface area contributed by atoms with E-state index in [9.17, 15) is 0 Å². The van der Waals surface area contributed by atoms with E-state index in [4.69, 9.17) is 9.72 Å². The predicted molar refractivity (Wildman–Crippen MR) is 112 cm³/mol. The van der Waals surface area contributed by atoms with E-state index in [-0.39, 0.29) is 0 Å². The third-order valence-corrected chi connectivity index (χ3v) is 4.73. The fourth-order valence-electron chi connectivity index (χ4n) is 3.34. The number of ether oxygens (including phenoxy) is 1. The second kappa shape index (κ2) is 7.31. The number of aryl methyl sites for hydroxylation is 1. The Kier molecular flexibility index (Phi) is 4.69. The van der Waals surface area contributed by atoms with Crippen molar-refractivity contribution in [2.24, 2.45) is 0 Å². The Balaban J connectivity index is 1.76. The fraction of sp³-hybridized carbons (Fsp3) is 0.227. The van der Waals surface area contributed by atoms with Gasteiger partial charge in [0.1, 0.15) is 5.75 Å². The van der Waals surface area contributed by atoms with E-state index in [0.29, 0.717) is 12.0 Å². The van der Waals surface area contributed by atoms with Crippen LogP contribution in [-0.4, -0.2) is 26.6 Å². The molecule has 6 nitrogen and oxygen atoms in total. The summed E-state index contributed by atoms with van der Waals surface area (Å²) in [5.74, 6) is 1.28. The minimum atomic E-state index is 0.330. The number of benzene rings is 1. The van der Waals surface area contributed by atoms with Crippen LogP contribution in [0.3, 0.4) is 0 Å². The smallest absolute Gasteiger partial charge is 0.227 e. The highest BCUT2D eigenvalue weighted by atomic mass is 16.5. The standard InChI is InChI=1S/C22H23N5O/c1-14(2)27-13-17(16-7-9-23-12-20(16)27)18-8-10-24-22(25-18)26-19-11-15(3)5-6-21(19)28-4/h5-14H,1-4H3,(H,24,25,26). The summed E-state index contributed by atoms with van der Waals surface area (Å²) in [5, 5.41) is 4.41. The van der Waals surface area contributed by atoms with Crippen LogP contribution in [0.4, 0.5) is 11.6 Å². The molecule has 0 unspecified atom stereocenters. The van der Waals surface area contributed by atoms with E-state index >= 15 is 0 Å². The summed E-state index contributed by atoms with van der Waals surface area (Å²) < 4.78 is 7.67. The SMILES string of the molecule is COc1ccc(C)cc1Nc1nccc(-c2cn(C(C)C)c3cnccc23)n1. The molecule has 4 aromatic rings. The monoisotopic (exact) mass is 373 g/mol. The van der Waals surface area contributed by atoms with Crippen molar-refractivity contribution >= 4 is 22.5 Å². The summed E-state index contributed by atoms with van der Waals surface area (Å²) in [7, 11) is 1.65. The van der Waals surface area contributed by atoms with Crippen LogP contribution < -0.4 is 10.1 Å². The van der Waals surface area contributed by atoms with Crippen LogP contribution in [0.25, 0.3) is 22.2 Å². The summed E-state index contributed by atoms with van der Waals surface area (Å²) in [6.07, 6.45) is 7.62. The zero-order valence-electron chi connectivity index (χ0n) is 16.5.